The molecule has 0 saturated carbocycles. The van der Waals surface area contributed by atoms with E-state index in [1.807, 2.05) is 0 Å². The van der Waals surface area contributed by atoms with Gasteiger partial charge in [0, 0.05) is 0 Å². The van der Waals surface area contributed by atoms with Gasteiger partial charge >= 0.3 is 0 Å². The molecule has 12 heavy (non-hydrogen) atoms. The summed E-state index contributed by atoms with van der Waals surface area (Å²) in [6, 6.07) is 0. The number of hydrogen-bond acceptors (Lipinski definition) is 5. The predicted octanol–water partition coefficient (Wildman–Crippen LogP) is -2.24. The second kappa shape index (κ2) is 3.63. The first-order valence-electron chi connectivity index (χ1n) is 3.51. The lowest BCUT2D eigenvalue weighted by atomic mass is 10.1. The Morgan fingerprint density at radius 2 is 1.83 bits per heavy atom. The van der Waals surface area contributed by atoms with Crippen LogP contribution in [-0.4, -0.2) is 57.8 Å². The van der Waals surface area contributed by atoms with Crippen molar-refractivity contribution in [1.29, 1.82) is 0 Å². The van der Waals surface area contributed by atoms with E-state index in [4.69, 9.17) is 20.4 Å². The fraction of sp³-hybridized carbons (Fsp3) is 1.00. The van der Waals surface area contributed by atoms with E-state index >= 15 is 0 Å². The Morgan fingerprint density at radius 3 is 2.17 bits per heavy atom. The fourth-order valence-electron chi connectivity index (χ4n) is 1.09. The van der Waals surface area contributed by atoms with Crippen LogP contribution in [0.5, 0.6) is 0 Å². The molecule has 6 heteroatoms. The minimum absolute atomic E-state index is 1.10. The zero-order valence-corrected chi connectivity index (χ0v) is 6.17. The van der Waals surface area contributed by atoms with Crippen LogP contribution < -0.4 is 0 Å². The van der Waals surface area contributed by atoms with Crippen molar-refractivity contribution in [3.05, 3.63) is 0 Å². The lowest BCUT2D eigenvalue weighted by Gasteiger charge is -2.17. The van der Waals surface area contributed by atoms with Gasteiger partial charge in [-0.25, -0.2) is 4.39 Å². The van der Waals surface area contributed by atoms with Gasteiger partial charge in [0.1, 0.15) is 31.1 Å². The number of hydrogen-bond donors (Lipinski definition) is 4. The first kappa shape index (κ1) is 9.82. The molecule has 0 radical (unpaired) electrons. The quantitative estimate of drug-likeness (QED) is 0.387. The lowest BCUT2D eigenvalue weighted by molar-refractivity contribution is -0.147. The van der Waals surface area contributed by atoms with Crippen LogP contribution >= 0.6 is 0 Å². The number of halogens is 1. The van der Waals surface area contributed by atoms with Crippen molar-refractivity contribution in [2.24, 2.45) is 0 Å². The summed E-state index contributed by atoms with van der Waals surface area (Å²) >= 11 is 0. The van der Waals surface area contributed by atoms with Crippen molar-refractivity contribution in [3.8, 4) is 0 Å². The Kier molecular flexibility index (Phi) is 2.97. The van der Waals surface area contributed by atoms with Gasteiger partial charge in [-0.1, -0.05) is 0 Å². The van der Waals surface area contributed by atoms with Crippen molar-refractivity contribution in [3.63, 3.8) is 0 Å². The molecule has 1 aliphatic rings. The Bertz CT molecular complexity index is 155. The zero-order valence-electron chi connectivity index (χ0n) is 6.17. The molecule has 1 fully saturated rings. The lowest BCUT2D eigenvalue weighted by Crippen LogP contribution is -2.39. The third-order valence-corrected chi connectivity index (χ3v) is 1.81. The molecule has 1 rings (SSSR count). The Morgan fingerprint density at radius 1 is 1.25 bits per heavy atom. The smallest absolute Gasteiger partial charge is 0.184 e. The molecule has 0 aromatic carbocycles. The molecule has 1 heterocycles. The maximum atomic E-state index is 11.9. The van der Waals surface area contributed by atoms with Crippen molar-refractivity contribution < 1.29 is 29.6 Å². The molecule has 5 nitrogen and oxygen atoms in total. The number of alkyl halides is 1. The normalized spacial score (nSPS) is 44.8. The Labute approximate surface area is 68.0 Å². The van der Waals surface area contributed by atoms with Gasteiger partial charge in [-0.05, 0) is 0 Å². The van der Waals surface area contributed by atoms with Gasteiger partial charge < -0.3 is 25.2 Å². The summed E-state index contributed by atoms with van der Waals surface area (Å²) in [5.74, 6) is 0. The van der Waals surface area contributed by atoms with E-state index in [-0.39, 0.29) is 0 Å². The monoisotopic (exact) mass is 182 g/mol. The molecule has 0 amide bonds. The number of aliphatic hydroxyl groups is 4. The molecule has 0 aliphatic carbocycles. The van der Waals surface area contributed by atoms with E-state index in [2.05, 4.69) is 4.74 Å². The largest absolute Gasteiger partial charge is 0.388 e. The second-order valence-corrected chi connectivity index (χ2v) is 2.69. The minimum atomic E-state index is -1.56. The summed E-state index contributed by atoms with van der Waals surface area (Å²) in [6.07, 6.45) is -7.29. The highest BCUT2D eigenvalue weighted by molar-refractivity contribution is 4.89. The Hall–Kier alpha value is -0.270. The van der Waals surface area contributed by atoms with Crippen LogP contribution in [0.1, 0.15) is 0 Å². The standard InChI is InChI=1S/C6H11FO5/c7-1-2(8)5-3(9)4(10)6(11)12-5/h2-6,8-11H,1H2. The second-order valence-electron chi connectivity index (χ2n) is 2.69. The predicted molar refractivity (Wildman–Crippen MR) is 34.9 cm³/mol. The zero-order chi connectivity index (χ0) is 9.30. The fourth-order valence-corrected chi connectivity index (χ4v) is 1.09. The van der Waals surface area contributed by atoms with Gasteiger partial charge in [-0.2, -0.15) is 0 Å². The first-order valence-corrected chi connectivity index (χ1v) is 3.51. The van der Waals surface area contributed by atoms with Crippen LogP contribution in [0.15, 0.2) is 0 Å². The third kappa shape index (κ3) is 1.57. The average molecular weight is 182 g/mol. The van der Waals surface area contributed by atoms with E-state index < -0.39 is 37.4 Å². The van der Waals surface area contributed by atoms with Crippen LogP contribution in [-0.2, 0) is 4.74 Å². The van der Waals surface area contributed by atoms with Gasteiger partial charge in [-0.15, -0.1) is 0 Å². The number of aliphatic hydroxyl groups excluding tert-OH is 4. The van der Waals surface area contributed by atoms with E-state index in [1.54, 1.807) is 0 Å². The summed E-state index contributed by atoms with van der Waals surface area (Å²) in [7, 11) is 0. The van der Waals surface area contributed by atoms with Crippen LogP contribution in [0.4, 0.5) is 4.39 Å². The van der Waals surface area contributed by atoms with Gasteiger partial charge in [0.15, 0.2) is 6.29 Å². The van der Waals surface area contributed by atoms with Crippen LogP contribution in [0.25, 0.3) is 0 Å². The van der Waals surface area contributed by atoms with E-state index in [1.165, 1.54) is 0 Å². The van der Waals surface area contributed by atoms with Gasteiger partial charge in [0.05, 0.1) is 0 Å². The maximum Gasteiger partial charge on any atom is 0.184 e. The van der Waals surface area contributed by atoms with Crippen LogP contribution in [0.3, 0.4) is 0 Å². The molecule has 1 saturated heterocycles. The van der Waals surface area contributed by atoms with Crippen molar-refractivity contribution in [2.75, 3.05) is 6.67 Å². The van der Waals surface area contributed by atoms with Crippen LogP contribution in [0, 0.1) is 0 Å². The van der Waals surface area contributed by atoms with Crippen molar-refractivity contribution in [2.45, 2.75) is 30.7 Å². The molecule has 0 aromatic heterocycles. The highest BCUT2D eigenvalue weighted by Crippen LogP contribution is 2.22. The maximum absolute atomic E-state index is 11.9. The van der Waals surface area contributed by atoms with E-state index in [9.17, 15) is 4.39 Å². The van der Waals surface area contributed by atoms with Crippen LogP contribution in [0.2, 0.25) is 0 Å². The van der Waals surface area contributed by atoms with Crippen molar-refractivity contribution in [1.82, 2.24) is 0 Å². The summed E-state index contributed by atoms with van der Waals surface area (Å²) in [4.78, 5) is 0. The van der Waals surface area contributed by atoms with E-state index in [0.717, 1.165) is 0 Å². The molecule has 5 unspecified atom stereocenters. The molecule has 0 bridgehead atoms. The highest BCUT2D eigenvalue weighted by atomic mass is 19.1. The van der Waals surface area contributed by atoms with Gasteiger partial charge in [-0.3, -0.25) is 0 Å². The van der Waals surface area contributed by atoms with Gasteiger partial charge in [0.25, 0.3) is 0 Å². The molecule has 0 spiro atoms. The summed E-state index contributed by atoms with van der Waals surface area (Å²) < 4.78 is 16.4. The summed E-state index contributed by atoms with van der Waals surface area (Å²) in [5, 5.41) is 35.7. The SMILES string of the molecule is OC(CF)C1OC(O)C(O)C1O. The Balaban J connectivity index is 2.58. The molecule has 4 N–H and O–H groups in total. The molecule has 0 aromatic rings. The first-order chi connectivity index (χ1) is 5.57. The van der Waals surface area contributed by atoms with Crippen molar-refractivity contribution >= 4 is 0 Å². The molecular weight excluding hydrogens is 171 g/mol. The molecule has 5 atom stereocenters. The topological polar surface area (TPSA) is 90.2 Å². The molecule has 1 aliphatic heterocycles. The van der Waals surface area contributed by atoms with E-state index in [0.29, 0.717) is 0 Å². The number of rotatable bonds is 2. The summed E-state index contributed by atoms with van der Waals surface area (Å²) in [6.45, 7) is -1.10. The average Bonchev–Trinajstić information content (AvgIpc) is 2.32. The molecule has 72 valence electrons. The third-order valence-electron chi connectivity index (χ3n) is 1.81. The molecular formula is C6H11FO5. The highest BCUT2D eigenvalue weighted by Gasteiger charge is 2.45. The summed E-state index contributed by atoms with van der Waals surface area (Å²) in [5.41, 5.74) is 0. The number of ether oxygens (including phenoxy) is 1. The minimum Gasteiger partial charge on any atom is -0.388 e. The van der Waals surface area contributed by atoms with Gasteiger partial charge in [0.2, 0.25) is 0 Å².